The quantitative estimate of drug-likeness (QED) is 0.864. The van der Waals surface area contributed by atoms with Crippen LogP contribution in [0.3, 0.4) is 0 Å². The largest absolute Gasteiger partial charge is 0.419 e. The predicted molar refractivity (Wildman–Crippen MR) is 63.5 cm³/mol. The summed E-state index contributed by atoms with van der Waals surface area (Å²) in [5.74, 6) is -0.376. The van der Waals surface area contributed by atoms with Gasteiger partial charge in [-0.2, -0.15) is 5.26 Å². The predicted octanol–water partition coefficient (Wildman–Crippen LogP) is 1.31. The monoisotopic (exact) mass is 231 g/mol. The molecular weight excluding hydrogens is 218 g/mol. The number of nitrogens with zero attached hydrogens (tertiary/aromatic N) is 2. The zero-order chi connectivity index (χ0) is 12.4. The third kappa shape index (κ3) is 1.95. The minimum Gasteiger partial charge on any atom is -0.408 e. The van der Waals surface area contributed by atoms with E-state index in [9.17, 15) is 4.79 Å². The molecular formula is C12H13N3O2. The van der Waals surface area contributed by atoms with Crippen LogP contribution in [-0.2, 0) is 7.05 Å². The first-order chi connectivity index (χ1) is 8.17. The highest BCUT2D eigenvalue weighted by molar-refractivity contribution is 5.73. The number of benzene rings is 1. The van der Waals surface area contributed by atoms with Gasteiger partial charge in [-0.25, -0.2) is 4.79 Å². The second kappa shape index (κ2) is 4.44. The van der Waals surface area contributed by atoms with E-state index < -0.39 is 0 Å². The molecule has 0 spiro atoms. The van der Waals surface area contributed by atoms with Crippen molar-refractivity contribution in [1.29, 1.82) is 5.26 Å². The molecule has 2 aromatic rings. The Morgan fingerprint density at radius 1 is 1.59 bits per heavy atom. The second-order valence-electron chi connectivity index (χ2n) is 3.86. The van der Waals surface area contributed by atoms with Crippen LogP contribution in [0.1, 0.15) is 18.0 Å². The van der Waals surface area contributed by atoms with Crippen LogP contribution in [0.15, 0.2) is 27.4 Å². The van der Waals surface area contributed by atoms with Crippen molar-refractivity contribution in [3.05, 3.63) is 34.3 Å². The van der Waals surface area contributed by atoms with Crippen molar-refractivity contribution in [2.45, 2.75) is 12.5 Å². The average Bonchev–Trinajstić information content (AvgIpc) is 2.61. The van der Waals surface area contributed by atoms with Crippen molar-refractivity contribution in [2.75, 3.05) is 7.05 Å². The van der Waals surface area contributed by atoms with Crippen molar-refractivity contribution in [3.63, 3.8) is 0 Å². The van der Waals surface area contributed by atoms with E-state index in [4.69, 9.17) is 9.68 Å². The SMILES string of the molecule is CNC(CC#N)c1ccc2c(c1)oc(=O)n2C. The van der Waals surface area contributed by atoms with Gasteiger partial charge in [-0.3, -0.25) is 4.57 Å². The molecule has 0 aliphatic heterocycles. The number of nitriles is 1. The molecule has 0 radical (unpaired) electrons. The van der Waals surface area contributed by atoms with Gasteiger partial charge in [0.25, 0.3) is 0 Å². The summed E-state index contributed by atoms with van der Waals surface area (Å²) in [6.45, 7) is 0. The van der Waals surface area contributed by atoms with Crippen LogP contribution in [0.5, 0.6) is 0 Å². The first-order valence-electron chi connectivity index (χ1n) is 5.31. The topological polar surface area (TPSA) is 71.0 Å². The number of aromatic nitrogens is 1. The summed E-state index contributed by atoms with van der Waals surface area (Å²) in [4.78, 5) is 11.3. The third-order valence-electron chi connectivity index (χ3n) is 2.86. The molecule has 0 fully saturated rings. The van der Waals surface area contributed by atoms with Gasteiger partial charge in [-0.1, -0.05) is 6.07 Å². The summed E-state index contributed by atoms with van der Waals surface area (Å²) in [5.41, 5.74) is 2.25. The highest BCUT2D eigenvalue weighted by Gasteiger charge is 2.12. The molecule has 2 rings (SSSR count). The molecule has 1 unspecified atom stereocenters. The van der Waals surface area contributed by atoms with Crippen LogP contribution in [-0.4, -0.2) is 11.6 Å². The first kappa shape index (κ1) is 11.4. The normalized spacial score (nSPS) is 12.5. The zero-order valence-electron chi connectivity index (χ0n) is 9.73. The van der Waals surface area contributed by atoms with Crippen LogP contribution < -0.4 is 11.1 Å². The summed E-state index contributed by atoms with van der Waals surface area (Å²) < 4.78 is 6.56. The lowest BCUT2D eigenvalue weighted by Crippen LogP contribution is -2.15. The Labute approximate surface area is 98.3 Å². The van der Waals surface area contributed by atoms with Gasteiger partial charge in [0.1, 0.15) is 0 Å². The molecule has 1 atom stereocenters. The van der Waals surface area contributed by atoms with Crippen molar-refractivity contribution in [3.8, 4) is 6.07 Å². The number of nitrogens with one attached hydrogen (secondary N) is 1. The van der Waals surface area contributed by atoms with Crippen LogP contribution in [0.2, 0.25) is 0 Å². The molecule has 1 heterocycles. The molecule has 17 heavy (non-hydrogen) atoms. The molecule has 0 saturated heterocycles. The molecule has 0 aliphatic carbocycles. The fraction of sp³-hybridized carbons (Fsp3) is 0.333. The molecule has 1 aromatic heterocycles. The van der Waals surface area contributed by atoms with Gasteiger partial charge in [-0.05, 0) is 24.7 Å². The smallest absolute Gasteiger partial charge is 0.408 e. The maximum Gasteiger partial charge on any atom is 0.419 e. The van der Waals surface area contributed by atoms with Crippen molar-refractivity contribution in [2.24, 2.45) is 7.05 Å². The zero-order valence-corrected chi connectivity index (χ0v) is 9.73. The Bertz CT molecular complexity index is 633. The number of aryl methyl sites for hydroxylation is 1. The van der Waals surface area contributed by atoms with Crippen molar-refractivity contribution in [1.82, 2.24) is 9.88 Å². The summed E-state index contributed by atoms with van der Waals surface area (Å²) in [6, 6.07) is 7.61. The molecule has 88 valence electrons. The Kier molecular flexibility index (Phi) is 2.98. The lowest BCUT2D eigenvalue weighted by Gasteiger charge is -2.12. The third-order valence-corrected chi connectivity index (χ3v) is 2.86. The van der Waals surface area contributed by atoms with Crippen LogP contribution in [0, 0.1) is 11.3 Å². The van der Waals surface area contributed by atoms with Crippen LogP contribution >= 0.6 is 0 Å². The molecule has 1 N–H and O–H groups in total. The summed E-state index contributed by atoms with van der Waals surface area (Å²) >= 11 is 0. The van der Waals surface area contributed by atoms with Gasteiger partial charge < -0.3 is 9.73 Å². The summed E-state index contributed by atoms with van der Waals surface area (Å²) in [7, 11) is 3.46. The van der Waals surface area contributed by atoms with E-state index in [1.165, 1.54) is 4.57 Å². The lowest BCUT2D eigenvalue weighted by molar-refractivity contribution is 0.526. The first-order valence-corrected chi connectivity index (χ1v) is 5.31. The van der Waals surface area contributed by atoms with Gasteiger partial charge >= 0.3 is 5.76 Å². The maximum atomic E-state index is 11.3. The number of hydrogen-bond donors (Lipinski definition) is 1. The van der Waals surface area contributed by atoms with E-state index in [1.807, 2.05) is 12.1 Å². The number of oxazole rings is 1. The molecule has 5 heteroatoms. The minimum absolute atomic E-state index is 0.0464. The van der Waals surface area contributed by atoms with E-state index in [-0.39, 0.29) is 11.8 Å². The van der Waals surface area contributed by atoms with E-state index >= 15 is 0 Å². The summed E-state index contributed by atoms with van der Waals surface area (Å²) in [5, 5.41) is 11.8. The standard InChI is InChI=1S/C12H13N3O2/c1-14-9(5-6-13)8-3-4-10-11(7-8)17-12(16)15(10)2/h3-4,7,9,14H,5H2,1-2H3. The Balaban J connectivity index is 2.51. The highest BCUT2D eigenvalue weighted by atomic mass is 16.4. The maximum absolute atomic E-state index is 11.3. The Morgan fingerprint density at radius 2 is 2.35 bits per heavy atom. The number of hydrogen-bond acceptors (Lipinski definition) is 4. The average molecular weight is 231 g/mol. The van der Waals surface area contributed by atoms with Gasteiger partial charge in [-0.15, -0.1) is 0 Å². The van der Waals surface area contributed by atoms with E-state index in [0.717, 1.165) is 11.1 Å². The highest BCUT2D eigenvalue weighted by Crippen LogP contribution is 2.21. The van der Waals surface area contributed by atoms with Crippen LogP contribution in [0.25, 0.3) is 11.1 Å². The van der Waals surface area contributed by atoms with Gasteiger partial charge in [0.15, 0.2) is 5.58 Å². The van der Waals surface area contributed by atoms with Crippen molar-refractivity contribution >= 4 is 11.1 Å². The molecule has 0 bridgehead atoms. The van der Waals surface area contributed by atoms with Crippen LogP contribution in [0.4, 0.5) is 0 Å². The van der Waals surface area contributed by atoms with Gasteiger partial charge in [0, 0.05) is 13.1 Å². The fourth-order valence-electron chi connectivity index (χ4n) is 1.85. The number of fused-ring (bicyclic) bond motifs is 1. The fourth-order valence-corrected chi connectivity index (χ4v) is 1.85. The molecule has 0 amide bonds. The molecule has 0 saturated carbocycles. The Hall–Kier alpha value is -2.06. The minimum atomic E-state index is -0.376. The Morgan fingerprint density at radius 3 is 3.00 bits per heavy atom. The molecule has 0 aliphatic rings. The lowest BCUT2D eigenvalue weighted by atomic mass is 10.0. The van der Waals surface area contributed by atoms with E-state index in [1.54, 1.807) is 20.2 Å². The summed E-state index contributed by atoms with van der Waals surface area (Å²) in [6.07, 6.45) is 0.374. The molecule has 1 aromatic carbocycles. The molecule has 5 nitrogen and oxygen atoms in total. The number of rotatable bonds is 3. The van der Waals surface area contributed by atoms with E-state index in [2.05, 4.69) is 11.4 Å². The van der Waals surface area contributed by atoms with Crippen molar-refractivity contribution < 1.29 is 4.42 Å². The van der Waals surface area contributed by atoms with Gasteiger partial charge in [0.2, 0.25) is 0 Å². The second-order valence-corrected chi connectivity index (χ2v) is 3.86. The van der Waals surface area contributed by atoms with Gasteiger partial charge in [0.05, 0.1) is 18.0 Å². The van der Waals surface area contributed by atoms with E-state index in [0.29, 0.717) is 12.0 Å².